The number of fused-ring (bicyclic) bond motifs is 11. The lowest BCUT2D eigenvalue weighted by atomic mass is 9.86. The molecule has 0 saturated heterocycles. The number of aromatic nitrogens is 3. The zero-order valence-electron chi connectivity index (χ0n) is 48.7. The van der Waals surface area contributed by atoms with Crippen LogP contribution in [0.4, 0.5) is 0 Å². The van der Waals surface area contributed by atoms with Crippen LogP contribution >= 0.6 is 0 Å². The fourth-order valence-electron chi connectivity index (χ4n) is 14.3. The van der Waals surface area contributed by atoms with Crippen molar-refractivity contribution < 1.29 is 0 Å². The molecule has 408 valence electrons. The van der Waals surface area contributed by atoms with Crippen LogP contribution in [-0.2, 0) is 6.42 Å². The largest absolute Gasteiger partial charge is 0.313 e. The van der Waals surface area contributed by atoms with Crippen LogP contribution in [0.2, 0.25) is 0 Å². The Labute approximate surface area is 497 Å². The maximum Gasteiger partial charge on any atom is 0.0541 e. The lowest BCUT2D eigenvalue weighted by molar-refractivity contribution is 0.733. The summed E-state index contributed by atoms with van der Waals surface area (Å²) >= 11 is 0. The second kappa shape index (κ2) is 20.4. The van der Waals surface area contributed by atoms with Crippen molar-refractivity contribution >= 4 is 82.1 Å². The van der Waals surface area contributed by atoms with E-state index >= 15 is 0 Å². The molecule has 1 aliphatic carbocycles. The van der Waals surface area contributed by atoms with Gasteiger partial charge in [-0.05, 0) is 206 Å². The van der Waals surface area contributed by atoms with Crippen LogP contribution in [0, 0.1) is 0 Å². The topological polar surface area (TPSA) is 14.8 Å². The molecule has 0 N–H and O–H groups in total. The number of para-hydroxylation sites is 1. The predicted molar refractivity (Wildman–Crippen MR) is 363 cm³/mol. The van der Waals surface area contributed by atoms with Gasteiger partial charge in [0.15, 0.2) is 0 Å². The Bertz CT molecular complexity index is 5080. The van der Waals surface area contributed by atoms with Crippen LogP contribution in [-0.4, -0.2) is 13.7 Å². The number of benzene rings is 12. The van der Waals surface area contributed by atoms with E-state index in [0.717, 1.165) is 31.4 Å². The molecule has 0 radical (unpaired) electrons. The number of hydrogen-bond donors (Lipinski definition) is 0. The fraction of sp³-hybridized carbons (Fsp3) is 0.122. The molecule has 1 aliphatic rings. The van der Waals surface area contributed by atoms with Crippen molar-refractivity contribution in [3.8, 4) is 61.6 Å². The Morgan fingerprint density at radius 3 is 1.14 bits per heavy atom. The molecule has 3 heteroatoms. The molecule has 85 heavy (non-hydrogen) atoms. The minimum absolute atomic E-state index is 0.527. The van der Waals surface area contributed by atoms with Crippen LogP contribution in [0.5, 0.6) is 0 Å². The molecule has 0 bridgehead atoms. The highest BCUT2D eigenvalue weighted by atomic mass is 15.0. The second-order valence-electron chi connectivity index (χ2n) is 23.8. The summed E-state index contributed by atoms with van der Waals surface area (Å²) in [5.41, 5.74) is 24.9. The molecule has 3 aromatic heterocycles. The van der Waals surface area contributed by atoms with Gasteiger partial charge in [-0.15, -0.1) is 0 Å². The van der Waals surface area contributed by atoms with Crippen molar-refractivity contribution in [2.75, 3.05) is 0 Å². The van der Waals surface area contributed by atoms with Gasteiger partial charge >= 0.3 is 0 Å². The first-order valence-electron chi connectivity index (χ1n) is 30.7. The summed E-state index contributed by atoms with van der Waals surface area (Å²) in [4.78, 5) is 0. The Morgan fingerprint density at radius 2 is 0.671 bits per heavy atom. The molecule has 0 saturated carbocycles. The van der Waals surface area contributed by atoms with E-state index in [4.69, 9.17) is 0 Å². The van der Waals surface area contributed by atoms with Crippen LogP contribution < -0.4 is 0 Å². The van der Waals surface area contributed by atoms with Crippen LogP contribution in [0.1, 0.15) is 81.2 Å². The van der Waals surface area contributed by atoms with E-state index < -0.39 is 0 Å². The summed E-state index contributed by atoms with van der Waals surface area (Å²) in [5.74, 6) is 1.07. The fourth-order valence-corrected chi connectivity index (χ4v) is 14.3. The Balaban J connectivity index is 0.857. The third-order valence-corrected chi connectivity index (χ3v) is 19.1. The smallest absolute Gasteiger partial charge is 0.0541 e. The van der Waals surface area contributed by atoms with Crippen molar-refractivity contribution in [2.45, 2.75) is 65.2 Å². The van der Waals surface area contributed by atoms with E-state index in [-0.39, 0.29) is 0 Å². The van der Waals surface area contributed by atoms with Crippen LogP contribution in [0.3, 0.4) is 0 Å². The van der Waals surface area contributed by atoms with Gasteiger partial charge in [0, 0.05) is 55.3 Å². The zero-order chi connectivity index (χ0) is 56.9. The van der Waals surface area contributed by atoms with Crippen molar-refractivity contribution in [1.82, 2.24) is 13.7 Å². The van der Waals surface area contributed by atoms with Gasteiger partial charge in [0.05, 0.1) is 27.6 Å². The molecule has 16 rings (SSSR count). The summed E-state index contributed by atoms with van der Waals surface area (Å²) in [6, 6.07) is 94.1. The molecule has 0 amide bonds. The van der Waals surface area contributed by atoms with E-state index in [1.165, 1.54) is 154 Å². The maximum atomic E-state index is 2.52. The minimum Gasteiger partial charge on any atom is -0.313 e. The third kappa shape index (κ3) is 8.23. The molecule has 3 heterocycles. The van der Waals surface area contributed by atoms with Gasteiger partial charge in [0.1, 0.15) is 0 Å². The molecule has 12 aromatic carbocycles. The second-order valence-corrected chi connectivity index (χ2v) is 23.8. The van der Waals surface area contributed by atoms with Gasteiger partial charge in [0.2, 0.25) is 0 Å². The SMILES string of the molecule is CCC(C)c1ccc(-n2c3c(c4cc(-c5ccc6c(c5)c5cc(-c7ccc8c(c7)c7ccccc7n8-c7ccc(C(C)CC)cc7)ccc5n6-c5ccc(-c6c7ccccc7c(-c7ccccc7)c7ccccc67)cc5)ccc42)C=CCC3)cc1. The first-order valence-corrected chi connectivity index (χ1v) is 30.7. The zero-order valence-corrected chi connectivity index (χ0v) is 48.7. The molecule has 15 aromatic rings. The van der Waals surface area contributed by atoms with Gasteiger partial charge in [-0.2, -0.15) is 0 Å². The summed E-state index contributed by atoms with van der Waals surface area (Å²) < 4.78 is 7.44. The van der Waals surface area contributed by atoms with E-state index in [0.29, 0.717) is 11.8 Å². The highest BCUT2D eigenvalue weighted by Crippen LogP contribution is 2.46. The van der Waals surface area contributed by atoms with E-state index in [9.17, 15) is 0 Å². The molecular formula is C82H65N3. The Hall–Kier alpha value is -9.96. The lowest BCUT2D eigenvalue weighted by Crippen LogP contribution is -2.03. The van der Waals surface area contributed by atoms with Crippen molar-refractivity contribution in [3.05, 3.63) is 277 Å². The molecule has 2 unspecified atom stereocenters. The molecule has 0 fully saturated rings. The summed E-state index contributed by atoms with van der Waals surface area (Å²) in [6.07, 6.45) is 9.04. The molecule has 0 aliphatic heterocycles. The van der Waals surface area contributed by atoms with Crippen molar-refractivity contribution in [3.63, 3.8) is 0 Å². The van der Waals surface area contributed by atoms with Gasteiger partial charge in [-0.3, -0.25) is 0 Å². The van der Waals surface area contributed by atoms with Crippen LogP contribution in [0.15, 0.2) is 255 Å². The van der Waals surface area contributed by atoms with Gasteiger partial charge in [-0.1, -0.05) is 198 Å². The quantitative estimate of drug-likeness (QED) is 0.115. The maximum absolute atomic E-state index is 2.52. The van der Waals surface area contributed by atoms with Crippen LogP contribution in [0.25, 0.3) is 144 Å². The number of allylic oxidation sites excluding steroid dienone is 1. The summed E-state index contributed by atoms with van der Waals surface area (Å²) in [6.45, 7) is 9.18. The van der Waals surface area contributed by atoms with E-state index in [1.54, 1.807) is 0 Å². The molecule has 0 spiro atoms. The van der Waals surface area contributed by atoms with Crippen molar-refractivity contribution in [1.29, 1.82) is 0 Å². The molecule has 2 atom stereocenters. The lowest BCUT2D eigenvalue weighted by Gasteiger charge is -2.18. The third-order valence-electron chi connectivity index (χ3n) is 19.1. The number of nitrogens with zero attached hydrogens (tertiary/aromatic N) is 3. The number of rotatable bonds is 11. The summed E-state index contributed by atoms with van der Waals surface area (Å²) in [7, 11) is 0. The average molecular weight is 1090 g/mol. The highest BCUT2D eigenvalue weighted by molar-refractivity contribution is 6.21. The normalized spacial score (nSPS) is 13.3. The summed E-state index contributed by atoms with van der Waals surface area (Å²) in [5, 5.41) is 11.3. The average Bonchev–Trinajstić information content (AvgIpc) is 3.19. The standard InChI is InChI=1S/C82H65N3/c1-5-52(3)54-28-38-62(39-29-54)83-75-26-16-14-20-65(75)71-48-58(34-44-77(71)83)60-36-46-79-73(50-60)74-51-61(59-35-45-78-72(49-59)66-21-15-17-27-76(66)84(78)63-40-30-55(31-41-63)53(4)6-2)37-47-80(74)85(79)64-42-32-57(33-43-64)82-69-24-12-10-22-67(69)81(56-18-8-7-9-19-56)68-23-11-13-25-70(68)82/h7-16,18-26,28-53H,5-6,17,27H2,1-4H3. The molecular weight excluding hydrogens is 1030 g/mol. The molecule has 3 nitrogen and oxygen atoms in total. The van der Waals surface area contributed by atoms with Gasteiger partial charge in [-0.25, -0.2) is 0 Å². The Morgan fingerprint density at radius 1 is 0.318 bits per heavy atom. The number of hydrogen-bond acceptors (Lipinski definition) is 0. The van der Waals surface area contributed by atoms with E-state index in [1.807, 2.05) is 0 Å². The van der Waals surface area contributed by atoms with E-state index in [2.05, 4.69) is 302 Å². The first-order chi connectivity index (χ1) is 41.9. The Kier molecular flexibility index (Phi) is 12.2. The predicted octanol–water partition coefficient (Wildman–Crippen LogP) is 22.8. The van der Waals surface area contributed by atoms with Crippen molar-refractivity contribution in [2.24, 2.45) is 0 Å². The first kappa shape index (κ1) is 50.7. The van der Waals surface area contributed by atoms with Gasteiger partial charge in [0.25, 0.3) is 0 Å². The van der Waals surface area contributed by atoms with Gasteiger partial charge < -0.3 is 13.7 Å². The highest BCUT2D eigenvalue weighted by Gasteiger charge is 2.23. The monoisotopic (exact) mass is 1090 g/mol. The minimum atomic E-state index is 0.527.